The van der Waals surface area contributed by atoms with Crippen molar-refractivity contribution in [1.29, 1.82) is 0 Å². The number of anilines is 6. The molecule has 3 heterocycles. The molecular weight excluding hydrogens is 559 g/mol. The fourth-order valence-electron chi connectivity index (χ4n) is 7.68. The van der Waals surface area contributed by atoms with Gasteiger partial charge in [-0.1, -0.05) is 97.1 Å². The van der Waals surface area contributed by atoms with E-state index in [-0.39, 0.29) is 6.71 Å². The summed E-state index contributed by atoms with van der Waals surface area (Å²) in [5.74, 6) is 0. The van der Waals surface area contributed by atoms with Crippen LogP contribution in [0.2, 0.25) is 0 Å². The maximum atomic E-state index is 6.09. The van der Waals surface area contributed by atoms with Crippen LogP contribution in [0, 0.1) is 0 Å². The molecule has 4 heteroatoms. The molecule has 3 nitrogen and oxygen atoms in total. The van der Waals surface area contributed by atoms with Crippen LogP contribution in [0.1, 0.15) is 0 Å². The number of para-hydroxylation sites is 4. The lowest BCUT2D eigenvalue weighted by molar-refractivity contribution is 0.669. The first-order valence-corrected chi connectivity index (χ1v) is 15.8. The quantitative estimate of drug-likeness (QED) is 0.192. The largest absolute Gasteiger partial charge is 0.456 e. The summed E-state index contributed by atoms with van der Waals surface area (Å²) in [6, 6.07) is 59.0. The van der Waals surface area contributed by atoms with Crippen molar-refractivity contribution in [3.63, 3.8) is 0 Å². The topological polar surface area (TPSA) is 19.6 Å². The van der Waals surface area contributed by atoms with E-state index in [0.717, 1.165) is 27.6 Å². The van der Waals surface area contributed by atoms with E-state index in [1.165, 1.54) is 56.0 Å². The molecule has 0 saturated carbocycles. The lowest BCUT2D eigenvalue weighted by Gasteiger charge is -2.44. The standard InChI is InChI=1S/C42H27BN2O/c1-2-11-30(12-3-1)44-36-16-7-5-14-34(36)43-35-15-6-8-17-37(35)45(39-19-10-18-38(44)42(39)43)31-24-21-28(22-25-31)29-23-26-41-33(27-29)32-13-4-9-20-40(32)46-41/h1-27H. The van der Waals surface area contributed by atoms with Crippen LogP contribution >= 0.6 is 0 Å². The Morgan fingerprint density at radius 3 is 1.65 bits per heavy atom. The Morgan fingerprint density at radius 2 is 0.935 bits per heavy atom. The van der Waals surface area contributed by atoms with Crippen LogP contribution in [0.3, 0.4) is 0 Å². The average molecular weight is 587 g/mol. The summed E-state index contributed by atoms with van der Waals surface area (Å²) in [6.07, 6.45) is 0. The van der Waals surface area contributed by atoms with Gasteiger partial charge in [0.25, 0.3) is 6.71 Å². The Kier molecular flexibility index (Phi) is 5.37. The molecule has 0 fully saturated rings. The van der Waals surface area contributed by atoms with Gasteiger partial charge in [-0.15, -0.1) is 0 Å². The smallest absolute Gasteiger partial charge is 0.252 e. The second-order valence-electron chi connectivity index (χ2n) is 12.1. The summed E-state index contributed by atoms with van der Waals surface area (Å²) in [7, 11) is 0. The molecule has 2 aliphatic rings. The van der Waals surface area contributed by atoms with E-state index in [0.29, 0.717) is 0 Å². The first-order valence-electron chi connectivity index (χ1n) is 15.8. The third-order valence-electron chi connectivity index (χ3n) is 9.66. The number of rotatable bonds is 3. The molecule has 0 atom stereocenters. The van der Waals surface area contributed by atoms with Crippen LogP contribution in [0.5, 0.6) is 0 Å². The number of nitrogens with zero attached hydrogens (tertiary/aromatic N) is 2. The van der Waals surface area contributed by atoms with Gasteiger partial charge < -0.3 is 14.2 Å². The minimum absolute atomic E-state index is 0.144. The monoisotopic (exact) mass is 586 g/mol. The van der Waals surface area contributed by atoms with Crippen molar-refractivity contribution < 1.29 is 4.42 Å². The average Bonchev–Trinajstić information content (AvgIpc) is 3.50. The second kappa shape index (κ2) is 9.75. The molecule has 7 aromatic carbocycles. The van der Waals surface area contributed by atoms with Gasteiger partial charge in [0, 0.05) is 44.9 Å². The van der Waals surface area contributed by atoms with Crippen molar-refractivity contribution in [1.82, 2.24) is 0 Å². The Bertz CT molecular complexity index is 2450. The maximum Gasteiger partial charge on any atom is 0.252 e. The molecule has 214 valence electrons. The van der Waals surface area contributed by atoms with E-state index in [2.05, 4.69) is 161 Å². The third-order valence-corrected chi connectivity index (χ3v) is 9.66. The number of fused-ring (bicyclic) bond motifs is 7. The Morgan fingerprint density at radius 1 is 0.391 bits per heavy atom. The van der Waals surface area contributed by atoms with Gasteiger partial charge in [0.15, 0.2) is 0 Å². The molecule has 0 aliphatic carbocycles. The predicted octanol–water partition coefficient (Wildman–Crippen LogP) is 9.34. The number of hydrogen-bond donors (Lipinski definition) is 0. The molecule has 0 unspecified atom stereocenters. The van der Waals surface area contributed by atoms with Crippen molar-refractivity contribution >= 4 is 79.2 Å². The molecule has 0 bridgehead atoms. The first-order chi connectivity index (χ1) is 22.8. The van der Waals surface area contributed by atoms with E-state index in [4.69, 9.17) is 4.42 Å². The van der Waals surface area contributed by atoms with Crippen molar-refractivity contribution in [3.8, 4) is 11.1 Å². The van der Waals surface area contributed by atoms with Crippen molar-refractivity contribution in [2.24, 2.45) is 0 Å². The molecule has 0 radical (unpaired) electrons. The van der Waals surface area contributed by atoms with Crippen LogP contribution in [0.25, 0.3) is 33.1 Å². The van der Waals surface area contributed by atoms with Gasteiger partial charge in [-0.3, -0.25) is 0 Å². The summed E-state index contributed by atoms with van der Waals surface area (Å²) in [5.41, 5.74) is 15.4. The van der Waals surface area contributed by atoms with Gasteiger partial charge in [0.05, 0.1) is 0 Å². The third kappa shape index (κ3) is 3.61. The summed E-state index contributed by atoms with van der Waals surface area (Å²) in [5, 5.41) is 2.29. The van der Waals surface area contributed by atoms with Crippen molar-refractivity contribution in [3.05, 3.63) is 164 Å². The molecule has 0 amide bonds. The minimum Gasteiger partial charge on any atom is -0.456 e. The van der Waals surface area contributed by atoms with Crippen LogP contribution in [-0.4, -0.2) is 6.71 Å². The zero-order valence-electron chi connectivity index (χ0n) is 25.0. The van der Waals surface area contributed by atoms with Crippen molar-refractivity contribution in [2.45, 2.75) is 0 Å². The maximum absolute atomic E-state index is 6.09. The Balaban J connectivity index is 1.13. The molecule has 46 heavy (non-hydrogen) atoms. The minimum atomic E-state index is 0.144. The second-order valence-corrected chi connectivity index (χ2v) is 12.1. The van der Waals surface area contributed by atoms with Crippen LogP contribution in [-0.2, 0) is 0 Å². The molecular formula is C42H27BN2O. The van der Waals surface area contributed by atoms with Gasteiger partial charge >= 0.3 is 0 Å². The first kappa shape index (κ1) is 25.3. The zero-order chi connectivity index (χ0) is 30.2. The highest BCUT2D eigenvalue weighted by molar-refractivity contribution is 7.00. The SMILES string of the molecule is c1ccc(N2c3ccccc3B3c4ccccc4N(c4ccc(-c5ccc6oc7ccccc7c6c5)cc4)c4cccc2c43)cc1. The highest BCUT2D eigenvalue weighted by atomic mass is 16.3. The lowest BCUT2D eigenvalue weighted by atomic mass is 9.33. The van der Waals surface area contributed by atoms with E-state index in [1.807, 2.05) is 12.1 Å². The number of hydrogen-bond acceptors (Lipinski definition) is 3. The van der Waals surface area contributed by atoms with Gasteiger partial charge in [-0.2, -0.15) is 0 Å². The van der Waals surface area contributed by atoms with Crippen LogP contribution in [0.4, 0.5) is 34.1 Å². The zero-order valence-corrected chi connectivity index (χ0v) is 25.0. The van der Waals surface area contributed by atoms with Gasteiger partial charge in [0.1, 0.15) is 11.2 Å². The molecule has 0 saturated heterocycles. The van der Waals surface area contributed by atoms with Gasteiger partial charge in [0.2, 0.25) is 0 Å². The molecule has 10 rings (SSSR count). The van der Waals surface area contributed by atoms with E-state index >= 15 is 0 Å². The lowest BCUT2D eigenvalue weighted by Crippen LogP contribution is -2.61. The van der Waals surface area contributed by atoms with E-state index in [9.17, 15) is 0 Å². The Labute approximate surface area is 267 Å². The fraction of sp³-hybridized carbons (Fsp3) is 0. The number of furan rings is 1. The normalized spacial score (nSPS) is 13.1. The molecule has 2 aliphatic heterocycles. The summed E-state index contributed by atoms with van der Waals surface area (Å²) in [4.78, 5) is 4.87. The van der Waals surface area contributed by atoms with Gasteiger partial charge in [-0.05, 0) is 94.2 Å². The fourth-order valence-corrected chi connectivity index (χ4v) is 7.68. The summed E-state index contributed by atoms with van der Waals surface area (Å²) in [6.45, 7) is 0.144. The highest BCUT2D eigenvalue weighted by Gasteiger charge is 2.42. The van der Waals surface area contributed by atoms with Crippen molar-refractivity contribution in [2.75, 3.05) is 9.80 Å². The van der Waals surface area contributed by atoms with E-state index < -0.39 is 0 Å². The Hall–Kier alpha value is -6.00. The van der Waals surface area contributed by atoms with Crippen LogP contribution in [0.15, 0.2) is 168 Å². The molecule has 0 N–H and O–H groups in total. The molecule has 8 aromatic rings. The van der Waals surface area contributed by atoms with Crippen LogP contribution < -0.4 is 26.2 Å². The molecule has 1 aromatic heterocycles. The van der Waals surface area contributed by atoms with Gasteiger partial charge in [-0.25, -0.2) is 0 Å². The summed E-state index contributed by atoms with van der Waals surface area (Å²) >= 11 is 0. The summed E-state index contributed by atoms with van der Waals surface area (Å²) < 4.78 is 6.09. The predicted molar refractivity (Wildman–Crippen MR) is 193 cm³/mol. The molecule has 0 spiro atoms. The number of benzene rings is 7. The highest BCUT2D eigenvalue weighted by Crippen LogP contribution is 2.44. The van der Waals surface area contributed by atoms with E-state index in [1.54, 1.807) is 0 Å².